The third kappa shape index (κ3) is 6.23. The van der Waals surface area contributed by atoms with E-state index in [1.807, 2.05) is 48.5 Å². The molecule has 1 aromatic heterocycles. The van der Waals surface area contributed by atoms with Crippen LogP contribution in [0.5, 0.6) is 0 Å². The van der Waals surface area contributed by atoms with Gasteiger partial charge in [-0.15, -0.1) is 0 Å². The van der Waals surface area contributed by atoms with Crippen molar-refractivity contribution in [1.29, 1.82) is 0 Å². The molecule has 4 atom stereocenters. The van der Waals surface area contributed by atoms with Crippen LogP contribution in [0.1, 0.15) is 58.7 Å². The Labute approximate surface area is 216 Å². The van der Waals surface area contributed by atoms with Crippen LogP contribution in [0.3, 0.4) is 0 Å². The number of amides is 1. The SMILES string of the molecule is O=C(Nc1cccc(C2OC(CN3CCCC3CO)CC(c3ccc(CO)cc3)O2)c1)c1cccnc1. The summed E-state index contributed by atoms with van der Waals surface area (Å²) < 4.78 is 12.9. The van der Waals surface area contributed by atoms with E-state index in [1.54, 1.807) is 18.3 Å². The largest absolute Gasteiger partial charge is 0.395 e. The lowest BCUT2D eigenvalue weighted by Gasteiger charge is -2.38. The van der Waals surface area contributed by atoms with Crippen LogP contribution in [0.25, 0.3) is 0 Å². The fraction of sp³-hybridized carbons (Fsp3) is 0.379. The van der Waals surface area contributed by atoms with Gasteiger partial charge in [0.1, 0.15) is 0 Å². The number of hydrogen-bond acceptors (Lipinski definition) is 7. The van der Waals surface area contributed by atoms with Crippen LogP contribution < -0.4 is 5.32 Å². The Bertz CT molecular complexity index is 1170. The highest BCUT2D eigenvalue weighted by atomic mass is 16.7. The molecule has 3 aromatic rings. The minimum atomic E-state index is -0.619. The number of nitrogens with one attached hydrogen (secondary N) is 1. The lowest BCUT2D eigenvalue weighted by Crippen LogP contribution is -2.42. The number of likely N-dealkylation sites (tertiary alicyclic amines) is 1. The maximum absolute atomic E-state index is 12.6. The number of carbonyl (C=O) groups excluding carboxylic acids is 1. The molecule has 0 radical (unpaired) electrons. The topological polar surface area (TPSA) is 104 Å². The molecule has 2 aliphatic heterocycles. The normalized spacial score (nSPS) is 24.2. The molecule has 8 nitrogen and oxygen atoms in total. The van der Waals surface area contributed by atoms with Crippen LogP contribution in [0.4, 0.5) is 5.69 Å². The summed E-state index contributed by atoms with van der Waals surface area (Å²) in [7, 11) is 0. The van der Waals surface area contributed by atoms with E-state index in [4.69, 9.17) is 9.47 Å². The third-order valence-corrected chi connectivity index (χ3v) is 7.10. The van der Waals surface area contributed by atoms with E-state index in [9.17, 15) is 15.0 Å². The van der Waals surface area contributed by atoms with Crippen LogP contribution in [-0.2, 0) is 16.1 Å². The number of nitrogens with zero attached hydrogens (tertiary/aromatic N) is 2. The Morgan fingerprint density at radius 1 is 1.05 bits per heavy atom. The van der Waals surface area contributed by atoms with E-state index in [1.165, 1.54) is 6.20 Å². The Balaban J connectivity index is 1.36. The maximum Gasteiger partial charge on any atom is 0.257 e. The van der Waals surface area contributed by atoms with Gasteiger partial charge in [-0.1, -0.05) is 36.4 Å². The molecule has 5 rings (SSSR count). The molecule has 4 unspecified atom stereocenters. The molecule has 8 heteroatoms. The smallest absolute Gasteiger partial charge is 0.257 e. The summed E-state index contributed by atoms with van der Waals surface area (Å²) in [4.78, 5) is 19.0. The van der Waals surface area contributed by atoms with E-state index < -0.39 is 6.29 Å². The first kappa shape index (κ1) is 25.5. The Morgan fingerprint density at radius 3 is 2.68 bits per heavy atom. The molecule has 37 heavy (non-hydrogen) atoms. The van der Waals surface area contributed by atoms with Gasteiger partial charge in [-0.25, -0.2) is 0 Å². The first-order valence-electron chi connectivity index (χ1n) is 12.8. The quantitative estimate of drug-likeness (QED) is 0.429. The van der Waals surface area contributed by atoms with Gasteiger partial charge in [-0.05, 0) is 54.8 Å². The molecule has 3 heterocycles. The molecule has 2 saturated heterocycles. The fourth-order valence-corrected chi connectivity index (χ4v) is 5.10. The molecule has 0 aliphatic carbocycles. The zero-order valence-corrected chi connectivity index (χ0v) is 20.7. The number of benzene rings is 2. The number of aliphatic hydroxyl groups excluding tert-OH is 2. The number of carbonyl (C=O) groups is 1. The summed E-state index contributed by atoms with van der Waals surface area (Å²) in [6.07, 6.45) is 5.00. The van der Waals surface area contributed by atoms with E-state index in [0.717, 1.165) is 36.1 Å². The molecule has 2 aliphatic rings. The molecule has 2 aromatic carbocycles. The number of pyridine rings is 1. The lowest BCUT2D eigenvalue weighted by molar-refractivity contribution is -0.253. The van der Waals surface area contributed by atoms with Gasteiger partial charge in [0.05, 0.1) is 31.0 Å². The van der Waals surface area contributed by atoms with Gasteiger partial charge >= 0.3 is 0 Å². The third-order valence-electron chi connectivity index (χ3n) is 7.10. The molecule has 0 spiro atoms. The zero-order chi connectivity index (χ0) is 25.6. The molecule has 0 saturated carbocycles. The highest BCUT2D eigenvalue weighted by Gasteiger charge is 2.35. The molecule has 0 bridgehead atoms. The number of aromatic nitrogens is 1. The second-order valence-corrected chi connectivity index (χ2v) is 9.64. The Hall–Kier alpha value is -3.14. The van der Waals surface area contributed by atoms with Crippen molar-refractivity contribution in [1.82, 2.24) is 9.88 Å². The first-order chi connectivity index (χ1) is 18.1. The average molecular weight is 504 g/mol. The monoisotopic (exact) mass is 503 g/mol. The zero-order valence-electron chi connectivity index (χ0n) is 20.7. The van der Waals surface area contributed by atoms with Gasteiger partial charge in [0, 0.05) is 42.7 Å². The van der Waals surface area contributed by atoms with E-state index in [2.05, 4.69) is 15.2 Å². The second-order valence-electron chi connectivity index (χ2n) is 9.64. The number of ether oxygens (including phenoxy) is 2. The number of rotatable bonds is 8. The first-order valence-corrected chi connectivity index (χ1v) is 12.8. The van der Waals surface area contributed by atoms with E-state index >= 15 is 0 Å². The summed E-state index contributed by atoms with van der Waals surface area (Å²) >= 11 is 0. The number of hydrogen-bond donors (Lipinski definition) is 3. The summed E-state index contributed by atoms with van der Waals surface area (Å²) in [6.45, 7) is 1.81. The summed E-state index contributed by atoms with van der Waals surface area (Å²) in [5.74, 6) is -0.237. The number of aliphatic hydroxyl groups is 2. The predicted molar refractivity (Wildman–Crippen MR) is 139 cm³/mol. The van der Waals surface area contributed by atoms with Crippen molar-refractivity contribution in [3.8, 4) is 0 Å². The summed E-state index contributed by atoms with van der Waals surface area (Å²) in [5, 5.41) is 22.2. The predicted octanol–water partition coefficient (Wildman–Crippen LogP) is 3.83. The molecule has 2 fully saturated rings. The summed E-state index contributed by atoms with van der Waals surface area (Å²) in [5.41, 5.74) is 3.81. The van der Waals surface area contributed by atoms with Crippen LogP contribution in [0.2, 0.25) is 0 Å². The van der Waals surface area contributed by atoms with Crippen molar-refractivity contribution in [3.05, 3.63) is 95.3 Å². The molecular formula is C29H33N3O5. The van der Waals surface area contributed by atoms with Crippen molar-refractivity contribution in [2.75, 3.05) is 25.0 Å². The van der Waals surface area contributed by atoms with Crippen LogP contribution in [0.15, 0.2) is 73.1 Å². The minimum absolute atomic E-state index is 0.00473. The minimum Gasteiger partial charge on any atom is -0.395 e. The summed E-state index contributed by atoms with van der Waals surface area (Å²) in [6, 6.07) is 18.9. The highest BCUT2D eigenvalue weighted by Crippen LogP contribution is 2.39. The molecule has 194 valence electrons. The van der Waals surface area contributed by atoms with Crippen molar-refractivity contribution in [2.45, 2.75) is 50.4 Å². The van der Waals surface area contributed by atoms with Crippen molar-refractivity contribution in [3.63, 3.8) is 0 Å². The lowest BCUT2D eigenvalue weighted by atomic mass is 9.99. The van der Waals surface area contributed by atoms with Crippen LogP contribution >= 0.6 is 0 Å². The highest BCUT2D eigenvalue weighted by molar-refractivity contribution is 6.04. The molecule has 1 amide bonds. The number of anilines is 1. The van der Waals surface area contributed by atoms with Gasteiger partial charge in [0.25, 0.3) is 5.91 Å². The Kier molecular flexibility index (Phi) is 8.23. The van der Waals surface area contributed by atoms with Crippen LogP contribution in [0, 0.1) is 0 Å². The van der Waals surface area contributed by atoms with E-state index in [0.29, 0.717) is 24.2 Å². The maximum atomic E-state index is 12.6. The second kappa shape index (κ2) is 11.9. The fourth-order valence-electron chi connectivity index (χ4n) is 5.10. The van der Waals surface area contributed by atoms with Gasteiger partial charge in [0.15, 0.2) is 6.29 Å². The van der Waals surface area contributed by atoms with Crippen molar-refractivity contribution in [2.24, 2.45) is 0 Å². The average Bonchev–Trinajstić information content (AvgIpc) is 3.40. The molecular weight excluding hydrogens is 470 g/mol. The van der Waals surface area contributed by atoms with Crippen LogP contribution in [-0.4, -0.2) is 57.8 Å². The van der Waals surface area contributed by atoms with Gasteiger partial charge in [-0.2, -0.15) is 0 Å². The van der Waals surface area contributed by atoms with E-state index in [-0.39, 0.29) is 37.4 Å². The van der Waals surface area contributed by atoms with Gasteiger partial charge < -0.3 is 25.0 Å². The van der Waals surface area contributed by atoms with Gasteiger partial charge in [-0.3, -0.25) is 14.7 Å². The molecule has 3 N–H and O–H groups in total. The van der Waals surface area contributed by atoms with Crippen molar-refractivity contribution < 1.29 is 24.5 Å². The van der Waals surface area contributed by atoms with Gasteiger partial charge in [0.2, 0.25) is 0 Å². The standard InChI is InChI=1S/C29H33N3O5/c33-18-20-8-10-21(11-9-20)27-15-26(17-32-13-3-7-25(32)19-34)36-29(37-27)22-4-1-6-24(14-22)31-28(35)23-5-2-12-30-16-23/h1-2,4-6,8-12,14,16,25-27,29,33-34H,3,7,13,15,17-19H2,(H,31,35). The van der Waals surface area contributed by atoms with Crippen molar-refractivity contribution >= 4 is 11.6 Å². The Morgan fingerprint density at radius 2 is 1.92 bits per heavy atom.